The molecule has 0 aromatic heterocycles. The summed E-state index contributed by atoms with van der Waals surface area (Å²) in [5, 5.41) is -0.342. The van der Waals surface area contributed by atoms with Gasteiger partial charge in [-0.2, -0.15) is 0 Å². The number of para-hydroxylation sites is 1. The molecule has 2 nitrogen and oxygen atoms in total. The molecule has 20 heavy (non-hydrogen) atoms. The zero-order valence-corrected chi connectivity index (χ0v) is 12.4. The molecular formula is C17H17ClO2. The van der Waals surface area contributed by atoms with Crippen molar-refractivity contribution >= 4 is 16.8 Å². The minimum absolute atomic E-state index is 0.342. The summed E-state index contributed by atoms with van der Waals surface area (Å²) in [6.45, 7) is 1.99. The second kappa shape index (κ2) is 6.58. The predicted molar refractivity (Wildman–Crippen MR) is 81.5 cm³/mol. The summed E-state index contributed by atoms with van der Waals surface area (Å²) in [4.78, 5) is 11.8. The van der Waals surface area contributed by atoms with Crippen molar-refractivity contribution in [3.8, 4) is 5.75 Å². The van der Waals surface area contributed by atoms with E-state index in [2.05, 4.69) is 0 Å². The lowest BCUT2D eigenvalue weighted by Gasteiger charge is -2.17. The SMILES string of the molecule is COc1ccccc1CC(C(=O)Cl)c1ccccc1C. The monoisotopic (exact) mass is 288 g/mol. The number of benzene rings is 2. The molecule has 1 unspecified atom stereocenters. The first-order valence-corrected chi connectivity index (χ1v) is 6.88. The van der Waals surface area contributed by atoms with Crippen molar-refractivity contribution in [2.24, 2.45) is 0 Å². The molecule has 0 aliphatic carbocycles. The van der Waals surface area contributed by atoms with Gasteiger partial charge in [-0.3, -0.25) is 4.79 Å². The van der Waals surface area contributed by atoms with Gasteiger partial charge in [-0.1, -0.05) is 42.5 Å². The average molecular weight is 289 g/mol. The lowest BCUT2D eigenvalue weighted by atomic mass is 9.90. The minimum Gasteiger partial charge on any atom is -0.496 e. The van der Waals surface area contributed by atoms with E-state index < -0.39 is 0 Å². The van der Waals surface area contributed by atoms with Gasteiger partial charge in [0.05, 0.1) is 13.0 Å². The first-order chi connectivity index (χ1) is 9.63. The van der Waals surface area contributed by atoms with Crippen LogP contribution in [-0.4, -0.2) is 12.4 Å². The molecule has 1 atom stereocenters. The fourth-order valence-corrected chi connectivity index (χ4v) is 2.58. The summed E-state index contributed by atoms with van der Waals surface area (Å²) in [5.41, 5.74) is 3.03. The van der Waals surface area contributed by atoms with Gasteiger partial charge in [0.25, 0.3) is 0 Å². The molecule has 2 aromatic rings. The van der Waals surface area contributed by atoms with Crippen LogP contribution in [-0.2, 0) is 11.2 Å². The maximum absolute atomic E-state index is 11.8. The Morgan fingerprint density at radius 2 is 1.80 bits per heavy atom. The maximum Gasteiger partial charge on any atom is 0.229 e. The van der Waals surface area contributed by atoms with Crippen LogP contribution in [0, 0.1) is 6.92 Å². The average Bonchev–Trinajstić information content (AvgIpc) is 2.46. The molecule has 2 aromatic carbocycles. The number of hydrogen-bond acceptors (Lipinski definition) is 2. The molecule has 104 valence electrons. The third-order valence-electron chi connectivity index (χ3n) is 3.45. The molecule has 2 rings (SSSR count). The van der Waals surface area contributed by atoms with Gasteiger partial charge in [0, 0.05) is 0 Å². The van der Waals surface area contributed by atoms with Crippen LogP contribution in [0.4, 0.5) is 0 Å². The molecular weight excluding hydrogens is 272 g/mol. The molecule has 0 saturated heterocycles. The number of aryl methyl sites for hydroxylation is 1. The third kappa shape index (κ3) is 3.20. The zero-order valence-electron chi connectivity index (χ0n) is 11.6. The topological polar surface area (TPSA) is 26.3 Å². The van der Waals surface area contributed by atoms with E-state index in [1.165, 1.54) is 0 Å². The van der Waals surface area contributed by atoms with Gasteiger partial charge in [-0.05, 0) is 47.7 Å². The molecule has 0 N–H and O–H groups in total. The molecule has 0 fully saturated rings. The van der Waals surface area contributed by atoms with Gasteiger partial charge in [-0.25, -0.2) is 0 Å². The second-order valence-corrected chi connectivity index (χ2v) is 5.10. The Morgan fingerprint density at radius 3 is 2.45 bits per heavy atom. The summed E-state index contributed by atoms with van der Waals surface area (Å²) in [7, 11) is 1.63. The first-order valence-electron chi connectivity index (χ1n) is 6.50. The van der Waals surface area contributed by atoms with Gasteiger partial charge in [-0.15, -0.1) is 0 Å². The fraction of sp³-hybridized carbons (Fsp3) is 0.235. The summed E-state index contributed by atoms with van der Waals surface area (Å²) in [6, 6.07) is 15.5. The molecule has 0 spiro atoms. The fourth-order valence-electron chi connectivity index (χ4n) is 2.38. The van der Waals surface area contributed by atoms with Crippen LogP contribution in [0.1, 0.15) is 22.6 Å². The quantitative estimate of drug-likeness (QED) is 0.775. The van der Waals surface area contributed by atoms with Crippen LogP contribution >= 0.6 is 11.6 Å². The maximum atomic E-state index is 11.8. The highest BCUT2D eigenvalue weighted by Crippen LogP contribution is 2.29. The van der Waals surface area contributed by atoms with E-state index in [0.29, 0.717) is 6.42 Å². The second-order valence-electron chi connectivity index (χ2n) is 4.73. The highest BCUT2D eigenvalue weighted by Gasteiger charge is 2.22. The lowest BCUT2D eigenvalue weighted by Crippen LogP contribution is -2.12. The Hall–Kier alpha value is -1.80. The van der Waals surface area contributed by atoms with Crippen molar-refractivity contribution in [1.29, 1.82) is 0 Å². The molecule has 0 heterocycles. The van der Waals surface area contributed by atoms with Gasteiger partial charge in [0.2, 0.25) is 5.24 Å². The summed E-state index contributed by atoms with van der Waals surface area (Å²) >= 11 is 5.82. The van der Waals surface area contributed by atoms with Crippen molar-refractivity contribution in [1.82, 2.24) is 0 Å². The van der Waals surface area contributed by atoms with Gasteiger partial charge in [0.15, 0.2) is 0 Å². The van der Waals surface area contributed by atoms with Gasteiger partial charge < -0.3 is 4.74 Å². The van der Waals surface area contributed by atoms with Crippen molar-refractivity contribution in [3.63, 3.8) is 0 Å². The van der Waals surface area contributed by atoms with Crippen LogP contribution in [0.25, 0.3) is 0 Å². The van der Waals surface area contributed by atoms with Gasteiger partial charge >= 0.3 is 0 Å². The summed E-state index contributed by atoms with van der Waals surface area (Å²) in [6.07, 6.45) is 0.539. The highest BCUT2D eigenvalue weighted by atomic mass is 35.5. The summed E-state index contributed by atoms with van der Waals surface area (Å²) < 4.78 is 5.34. The van der Waals surface area contributed by atoms with Gasteiger partial charge in [0.1, 0.15) is 5.75 Å². The summed E-state index contributed by atoms with van der Waals surface area (Å²) in [5.74, 6) is 0.429. The van der Waals surface area contributed by atoms with Crippen molar-refractivity contribution in [2.75, 3.05) is 7.11 Å². The van der Waals surface area contributed by atoms with Crippen LogP contribution in [0.3, 0.4) is 0 Å². The van der Waals surface area contributed by atoms with Crippen LogP contribution in [0.5, 0.6) is 5.75 Å². The molecule has 0 radical (unpaired) electrons. The van der Waals surface area contributed by atoms with Crippen molar-refractivity contribution in [3.05, 3.63) is 65.2 Å². The largest absolute Gasteiger partial charge is 0.496 e. The van der Waals surface area contributed by atoms with Crippen molar-refractivity contribution in [2.45, 2.75) is 19.3 Å². The van der Waals surface area contributed by atoms with Crippen LogP contribution in [0.2, 0.25) is 0 Å². The van der Waals surface area contributed by atoms with Crippen molar-refractivity contribution < 1.29 is 9.53 Å². The number of ether oxygens (including phenoxy) is 1. The molecule has 0 amide bonds. The number of carbonyl (C=O) groups excluding carboxylic acids is 1. The molecule has 0 aliphatic rings. The van der Waals surface area contributed by atoms with E-state index in [1.807, 2.05) is 55.5 Å². The highest BCUT2D eigenvalue weighted by molar-refractivity contribution is 6.64. The van der Waals surface area contributed by atoms with Crippen LogP contribution < -0.4 is 4.74 Å². The van der Waals surface area contributed by atoms with E-state index in [1.54, 1.807) is 7.11 Å². The Kier molecular flexibility index (Phi) is 4.80. The standard InChI is InChI=1S/C17H17ClO2/c1-12-7-3-5-9-14(12)15(17(18)19)11-13-8-4-6-10-16(13)20-2/h3-10,15H,11H2,1-2H3. The van der Waals surface area contributed by atoms with E-state index in [9.17, 15) is 4.79 Å². The zero-order chi connectivity index (χ0) is 14.5. The van der Waals surface area contributed by atoms with Crippen LogP contribution in [0.15, 0.2) is 48.5 Å². The predicted octanol–water partition coefficient (Wildman–Crippen LogP) is 4.10. The molecule has 3 heteroatoms. The first kappa shape index (κ1) is 14.6. The number of hydrogen-bond donors (Lipinski definition) is 0. The Bertz CT molecular complexity index is 607. The third-order valence-corrected chi connectivity index (χ3v) is 3.72. The number of halogens is 1. The van der Waals surface area contributed by atoms with E-state index in [-0.39, 0.29) is 11.2 Å². The number of carbonyl (C=O) groups is 1. The normalized spacial score (nSPS) is 11.9. The molecule has 0 bridgehead atoms. The van der Waals surface area contributed by atoms with E-state index in [0.717, 1.165) is 22.4 Å². The number of rotatable bonds is 5. The number of methoxy groups -OCH3 is 1. The lowest BCUT2D eigenvalue weighted by molar-refractivity contribution is -0.113. The molecule has 0 saturated carbocycles. The Morgan fingerprint density at radius 1 is 1.15 bits per heavy atom. The Balaban J connectivity index is 2.36. The minimum atomic E-state index is -0.353. The van der Waals surface area contributed by atoms with E-state index in [4.69, 9.17) is 16.3 Å². The molecule has 0 aliphatic heterocycles. The Labute approximate surface area is 124 Å². The van der Waals surface area contributed by atoms with E-state index >= 15 is 0 Å². The smallest absolute Gasteiger partial charge is 0.229 e.